The highest BCUT2D eigenvalue weighted by Crippen LogP contribution is 2.35. The molecular weight excluding hydrogens is 361 g/mol. The minimum absolute atomic E-state index is 0.108. The number of hydrogen-bond donors (Lipinski definition) is 3. The molecule has 4 N–H and O–H groups in total. The zero-order valence-corrected chi connectivity index (χ0v) is 13.7. The SMILES string of the molecule is Nc1cc(Nc2nccc(-c3cccc(C(=O)O)c3)n2)ccc1C(F)(F)F. The molecule has 0 fully saturated rings. The van der Waals surface area contributed by atoms with Crippen LogP contribution in [-0.2, 0) is 6.18 Å². The second-order valence-electron chi connectivity index (χ2n) is 5.58. The molecule has 6 nitrogen and oxygen atoms in total. The van der Waals surface area contributed by atoms with Crippen molar-refractivity contribution in [1.29, 1.82) is 0 Å². The van der Waals surface area contributed by atoms with Crippen molar-refractivity contribution in [1.82, 2.24) is 9.97 Å². The van der Waals surface area contributed by atoms with Crippen LogP contribution < -0.4 is 11.1 Å². The summed E-state index contributed by atoms with van der Waals surface area (Å²) >= 11 is 0. The Hall–Kier alpha value is -3.62. The number of carboxylic acids is 1. The molecule has 1 heterocycles. The van der Waals surface area contributed by atoms with Gasteiger partial charge in [-0.2, -0.15) is 13.2 Å². The van der Waals surface area contributed by atoms with E-state index in [2.05, 4.69) is 15.3 Å². The molecule has 0 unspecified atom stereocenters. The van der Waals surface area contributed by atoms with Crippen LogP contribution in [0.2, 0.25) is 0 Å². The van der Waals surface area contributed by atoms with E-state index in [9.17, 15) is 18.0 Å². The first-order chi connectivity index (χ1) is 12.7. The summed E-state index contributed by atoms with van der Waals surface area (Å²) in [6, 6.07) is 11.0. The molecule has 0 spiro atoms. The van der Waals surface area contributed by atoms with E-state index < -0.39 is 23.4 Å². The Morgan fingerprint density at radius 1 is 1.11 bits per heavy atom. The summed E-state index contributed by atoms with van der Waals surface area (Å²) in [6.45, 7) is 0. The quantitative estimate of drug-likeness (QED) is 0.592. The highest BCUT2D eigenvalue weighted by molar-refractivity contribution is 5.89. The molecule has 1 aromatic heterocycles. The minimum atomic E-state index is -4.53. The van der Waals surface area contributed by atoms with Crippen LogP contribution in [0.4, 0.5) is 30.5 Å². The normalized spacial score (nSPS) is 11.2. The largest absolute Gasteiger partial charge is 0.478 e. The standard InChI is InChI=1S/C18H13F3N4O2/c19-18(20,21)13-5-4-12(9-14(13)22)24-17-23-7-6-15(25-17)10-2-1-3-11(8-10)16(26)27/h1-9H,22H2,(H,26,27)(H,23,24,25). The Morgan fingerprint density at radius 2 is 1.89 bits per heavy atom. The highest BCUT2D eigenvalue weighted by Gasteiger charge is 2.32. The van der Waals surface area contributed by atoms with Crippen LogP contribution in [0.5, 0.6) is 0 Å². The van der Waals surface area contributed by atoms with Crippen LogP contribution in [-0.4, -0.2) is 21.0 Å². The Morgan fingerprint density at radius 3 is 2.56 bits per heavy atom. The third kappa shape index (κ3) is 4.14. The van der Waals surface area contributed by atoms with Gasteiger partial charge in [0.15, 0.2) is 0 Å². The van der Waals surface area contributed by atoms with Crippen LogP contribution in [0.3, 0.4) is 0 Å². The second kappa shape index (κ2) is 6.94. The number of hydrogen-bond acceptors (Lipinski definition) is 5. The number of aromatic carboxylic acids is 1. The molecule has 3 rings (SSSR count). The van der Waals surface area contributed by atoms with E-state index in [4.69, 9.17) is 10.8 Å². The predicted molar refractivity (Wildman–Crippen MR) is 93.6 cm³/mol. The van der Waals surface area contributed by atoms with Gasteiger partial charge in [0.2, 0.25) is 5.95 Å². The Balaban J connectivity index is 1.88. The molecule has 9 heteroatoms. The van der Waals surface area contributed by atoms with Crippen molar-refractivity contribution in [2.24, 2.45) is 0 Å². The minimum Gasteiger partial charge on any atom is -0.478 e. The fraction of sp³-hybridized carbons (Fsp3) is 0.0556. The van der Waals surface area contributed by atoms with Crippen molar-refractivity contribution in [2.75, 3.05) is 11.1 Å². The number of nitrogens with zero attached hydrogens (tertiary/aromatic N) is 2. The lowest BCUT2D eigenvalue weighted by Crippen LogP contribution is -2.09. The van der Waals surface area contributed by atoms with Gasteiger partial charge in [-0.1, -0.05) is 12.1 Å². The van der Waals surface area contributed by atoms with Crippen LogP contribution >= 0.6 is 0 Å². The summed E-state index contributed by atoms with van der Waals surface area (Å²) < 4.78 is 38.3. The molecule has 0 aliphatic heterocycles. The molecule has 0 saturated heterocycles. The number of nitrogen functional groups attached to an aromatic ring is 1. The maximum Gasteiger partial charge on any atom is 0.418 e. The molecule has 0 aliphatic carbocycles. The van der Waals surface area contributed by atoms with Crippen molar-refractivity contribution >= 4 is 23.3 Å². The maximum atomic E-state index is 12.8. The first-order valence-electron chi connectivity index (χ1n) is 7.64. The van der Waals surface area contributed by atoms with Crippen LogP contribution in [0, 0.1) is 0 Å². The van der Waals surface area contributed by atoms with Crippen molar-refractivity contribution in [3.05, 3.63) is 65.9 Å². The van der Waals surface area contributed by atoms with Gasteiger partial charge < -0.3 is 16.2 Å². The van der Waals surface area contributed by atoms with Gasteiger partial charge in [0.05, 0.1) is 16.8 Å². The number of carboxylic acid groups (broad SMARTS) is 1. The molecule has 27 heavy (non-hydrogen) atoms. The second-order valence-corrected chi connectivity index (χ2v) is 5.58. The van der Waals surface area contributed by atoms with Gasteiger partial charge in [-0.05, 0) is 36.4 Å². The molecule has 2 aromatic carbocycles. The number of rotatable bonds is 4. The number of benzene rings is 2. The first-order valence-corrected chi connectivity index (χ1v) is 7.64. The topological polar surface area (TPSA) is 101 Å². The van der Waals surface area contributed by atoms with Crippen LogP contribution in [0.15, 0.2) is 54.7 Å². The first kappa shape index (κ1) is 18.2. The van der Waals surface area contributed by atoms with Gasteiger partial charge in [-0.15, -0.1) is 0 Å². The number of anilines is 3. The number of nitrogens with two attached hydrogens (primary N) is 1. The number of alkyl halides is 3. The molecule has 138 valence electrons. The summed E-state index contributed by atoms with van der Waals surface area (Å²) in [5, 5.41) is 11.9. The molecule has 0 amide bonds. The van der Waals surface area contributed by atoms with Crippen LogP contribution in [0.1, 0.15) is 15.9 Å². The van der Waals surface area contributed by atoms with Crippen LogP contribution in [0.25, 0.3) is 11.3 Å². The van der Waals surface area contributed by atoms with Gasteiger partial charge in [0.1, 0.15) is 0 Å². The molecule has 0 bridgehead atoms. The number of carbonyl (C=O) groups is 1. The van der Waals surface area contributed by atoms with E-state index in [1.165, 1.54) is 24.4 Å². The Kier molecular flexibility index (Phi) is 4.68. The van der Waals surface area contributed by atoms with E-state index >= 15 is 0 Å². The lowest BCUT2D eigenvalue weighted by molar-refractivity contribution is -0.136. The lowest BCUT2D eigenvalue weighted by Gasteiger charge is -2.12. The predicted octanol–water partition coefficient (Wildman–Crippen LogP) is 4.19. The van der Waals surface area contributed by atoms with Gasteiger partial charge in [0, 0.05) is 23.1 Å². The molecule has 0 saturated carbocycles. The summed E-state index contributed by atoms with van der Waals surface area (Å²) in [4.78, 5) is 19.4. The lowest BCUT2D eigenvalue weighted by atomic mass is 10.1. The Bertz CT molecular complexity index is 1010. The van der Waals surface area contributed by atoms with E-state index in [0.717, 1.165) is 12.1 Å². The zero-order chi connectivity index (χ0) is 19.6. The average molecular weight is 374 g/mol. The van der Waals surface area contributed by atoms with Gasteiger partial charge in [-0.3, -0.25) is 0 Å². The van der Waals surface area contributed by atoms with E-state index in [-0.39, 0.29) is 17.2 Å². The Labute approximate surface area is 151 Å². The van der Waals surface area contributed by atoms with E-state index in [1.54, 1.807) is 18.2 Å². The third-order valence-corrected chi connectivity index (χ3v) is 3.67. The van der Waals surface area contributed by atoms with Gasteiger partial charge in [0.25, 0.3) is 0 Å². The van der Waals surface area contributed by atoms with Crippen molar-refractivity contribution in [3.63, 3.8) is 0 Å². The fourth-order valence-electron chi connectivity index (χ4n) is 2.42. The molecule has 0 aliphatic rings. The summed E-state index contributed by atoms with van der Waals surface area (Å²) in [5.41, 5.74) is 5.54. The summed E-state index contributed by atoms with van der Waals surface area (Å²) in [7, 11) is 0. The number of nitrogens with one attached hydrogen (secondary N) is 1. The average Bonchev–Trinajstić information content (AvgIpc) is 2.61. The smallest absolute Gasteiger partial charge is 0.418 e. The van der Waals surface area contributed by atoms with Crippen molar-refractivity contribution < 1.29 is 23.1 Å². The van der Waals surface area contributed by atoms with E-state index in [1.807, 2.05) is 0 Å². The molecule has 3 aromatic rings. The van der Waals surface area contributed by atoms with E-state index in [0.29, 0.717) is 11.3 Å². The molecular formula is C18H13F3N4O2. The zero-order valence-electron chi connectivity index (χ0n) is 13.7. The molecule has 0 atom stereocenters. The van der Waals surface area contributed by atoms with Crippen molar-refractivity contribution in [3.8, 4) is 11.3 Å². The fourth-order valence-corrected chi connectivity index (χ4v) is 2.42. The molecule has 0 radical (unpaired) electrons. The summed E-state index contributed by atoms with van der Waals surface area (Å²) in [5.74, 6) is -0.933. The summed E-state index contributed by atoms with van der Waals surface area (Å²) in [6.07, 6.45) is -3.08. The maximum absolute atomic E-state index is 12.8. The van der Waals surface area contributed by atoms with Gasteiger partial charge >= 0.3 is 12.1 Å². The monoisotopic (exact) mass is 374 g/mol. The number of aromatic nitrogens is 2. The highest BCUT2D eigenvalue weighted by atomic mass is 19.4. The van der Waals surface area contributed by atoms with Gasteiger partial charge in [-0.25, -0.2) is 14.8 Å². The number of halogens is 3. The third-order valence-electron chi connectivity index (χ3n) is 3.67. The van der Waals surface area contributed by atoms with Crippen molar-refractivity contribution in [2.45, 2.75) is 6.18 Å².